The van der Waals surface area contributed by atoms with E-state index < -0.39 is 28.4 Å². The number of aromatic carboxylic acids is 1. The number of carboxylic acid groups (broad SMARTS) is 1. The van der Waals surface area contributed by atoms with E-state index in [1.807, 2.05) is 0 Å². The Bertz CT molecular complexity index is 1040. The number of fused-ring (bicyclic) bond motifs is 1. The van der Waals surface area contributed by atoms with Gasteiger partial charge in [-0.15, -0.1) is 0 Å². The molecular weight excluding hydrogens is 400 g/mol. The average Bonchev–Trinajstić information content (AvgIpc) is 2.62. The second-order valence-electron chi connectivity index (χ2n) is 5.01. The highest BCUT2D eigenvalue weighted by molar-refractivity contribution is 7.91. The maximum absolute atomic E-state index is 12.4. The van der Waals surface area contributed by atoms with E-state index in [-0.39, 0.29) is 11.3 Å². The Hall–Kier alpha value is -2.26. The first-order valence-electron chi connectivity index (χ1n) is 7.17. The Morgan fingerprint density at radius 2 is 1.69 bits per heavy atom. The van der Waals surface area contributed by atoms with Crippen LogP contribution in [-0.4, -0.2) is 19.5 Å². The van der Waals surface area contributed by atoms with Gasteiger partial charge in [0.1, 0.15) is 5.75 Å². The summed E-state index contributed by atoms with van der Waals surface area (Å²) in [7, 11) is 0. The molecule has 0 bridgehead atoms. The molecule has 0 spiro atoms. The Labute approximate surface area is 158 Å². The lowest BCUT2D eigenvalue weighted by Crippen LogP contribution is -2.08. The van der Waals surface area contributed by atoms with Gasteiger partial charge in [0.25, 0.3) is 0 Å². The highest BCUT2D eigenvalue weighted by Crippen LogP contribution is 2.29. The van der Waals surface area contributed by atoms with Crippen molar-refractivity contribution in [2.24, 2.45) is 0 Å². The molecule has 0 saturated heterocycles. The van der Waals surface area contributed by atoms with E-state index in [1.165, 1.54) is 30.3 Å². The predicted molar refractivity (Wildman–Crippen MR) is 98.6 cm³/mol. The predicted octanol–water partition coefficient (Wildman–Crippen LogP) is 3.89. The molecule has 2 atom stereocenters. The van der Waals surface area contributed by atoms with Crippen molar-refractivity contribution in [3.8, 4) is 5.75 Å². The van der Waals surface area contributed by atoms with Crippen LogP contribution in [0.25, 0.3) is 10.8 Å². The van der Waals surface area contributed by atoms with Gasteiger partial charge >= 0.3 is 17.3 Å². The van der Waals surface area contributed by atoms with Crippen LogP contribution < -0.4 is 4.18 Å². The topological polar surface area (TPSA) is 89.9 Å². The molecule has 0 fully saturated rings. The summed E-state index contributed by atoms with van der Waals surface area (Å²) >= 11 is 1.63. The van der Waals surface area contributed by atoms with Crippen LogP contribution >= 0.6 is 11.6 Å². The average molecular weight is 411 g/mol. The summed E-state index contributed by atoms with van der Waals surface area (Å²) < 4.78 is 34.3. The maximum Gasteiger partial charge on any atom is 0.374 e. The van der Waals surface area contributed by atoms with Crippen molar-refractivity contribution in [1.82, 2.24) is 0 Å². The molecule has 0 amide bonds. The second kappa shape index (κ2) is 7.96. The minimum atomic E-state index is -2.40. The fraction of sp³-hybridized carbons (Fsp3) is 0. The molecule has 3 aromatic rings. The van der Waals surface area contributed by atoms with Crippen LogP contribution in [0.1, 0.15) is 10.4 Å². The highest BCUT2D eigenvalue weighted by atomic mass is 35.5. The molecule has 26 heavy (non-hydrogen) atoms. The molecule has 0 saturated carbocycles. The standard InChI is InChI=1S/C17H11ClO6S2/c18-15-8-9-16(14-7-2-1-6-13(14)15)25(21)24-26(22)23-12-5-3-4-11(10-12)17(19)20/h1-10H,(H,19,20). The van der Waals surface area contributed by atoms with E-state index in [0.29, 0.717) is 20.7 Å². The molecule has 9 heteroatoms. The Kier molecular flexibility index (Phi) is 5.67. The maximum atomic E-state index is 12.4. The summed E-state index contributed by atoms with van der Waals surface area (Å²) in [5.74, 6) is -1.14. The van der Waals surface area contributed by atoms with Gasteiger partial charge in [-0.2, -0.15) is 7.84 Å². The van der Waals surface area contributed by atoms with Crippen molar-refractivity contribution in [1.29, 1.82) is 0 Å². The van der Waals surface area contributed by atoms with Crippen LogP contribution in [0, 0.1) is 0 Å². The van der Waals surface area contributed by atoms with Gasteiger partial charge in [0.15, 0.2) is 0 Å². The van der Waals surface area contributed by atoms with Crippen LogP contribution in [0.2, 0.25) is 5.02 Å². The molecule has 1 N–H and O–H groups in total. The van der Waals surface area contributed by atoms with E-state index in [0.717, 1.165) is 0 Å². The van der Waals surface area contributed by atoms with Crippen LogP contribution in [-0.2, 0) is 26.1 Å². The molecule has 0 aromatic heterocycles. The zero-order valence-electron chi connectivity index (χ0n) is 13.0. The van der Waals surface area contributed by atoms with E-state index in [4.69, 9.17) is 24.5 Å². The van der Waals surface area contributed by atoms with Gasteiger partial charge in [-0.3, -0.25) is 0 Å². The zero-order valence-corrected chi connectivity index (χ0v) is 15.3. The van der Waals surface area contributed by atoms with Gasteiger partial charge in [0, 0.05) is 15.8 Å². The lowest BCUT2D eigenvalue weighted by Gasteiger charge is -2.08. The van der Waals surface area contributed by atoms with Crippen LogP contribution in [0.15, 0.2) is 65.6 Å². The number of halogens is 1. The van der Waals surface area contributed by atoms with Gasteiger partial charge < -0.3 is 9.29 Å². The van der Waals surface area contributed by atoms with Crippen molar-refractivity contribution >= 4 is 50.8 Å². The molecule has 0 heterocycles. The fourth-order valence-electron chi connectivity index (χ4n) is 2.24. The van der Waals surface area contributed by atoms with E-state index >= 15 is 0 Å². The highest BCUT2D eigenvalue weighted by Gasteiger charge is 2.16. The van der Waals surface area contributed by atoms with Crippen LogP contribution in [0.4, 0.5) is 0 Å². The number of hydrogen-bond donors (Lipinski definition) is 1. The number of carbonyl (C=O) groups is 1. The summed E-state index contributed by atoms with van der Waals surface area (Å²) in [6.45, 7) is 0. The Balaban J connectivity index is 1.78. The van der Waals surface area contributed by atoms with Crippen molar-refractivity contribution in [3.63, 3.8) is 0 Å². The third-order valence-corrected chi connectivity index (χ3v) is 5.69. The minimum Gasteiger partial charge on any atom is -0.478 e. The summed E-state index contributed by atoms with van der Waals surface area (Å²) in [6.07, 6.45) is 0. The molecule has 134 valence electrons. The molecule has 3 aromatic carbocycles. The van der Waals surface area contributed by atoms with E-state index in [9.17, 15) is 13.2 Å². The molecule has 2 unspecified atom stereocenters. The van der Waals surface area contributed by atoms with E-state index in [1.54, 1.807) is 30.3 Å². The van der Waals surface area contributed by atoms with Crippen LogP contribution in [0.3, 0.4) is 0 Å². The van der Waals surface area contributed by atoms with Crippen LogP contribution in [0.5, 0.6) is 5.75 Å². The first kappa shape index (κ1) is 18.5. The quantitative estimate of drug-likeness (QED) is 0.663. The second-order valence-corrected chi connectivity index (χ2v) is 7.45. The molecule has 3 rings (SSSR count). The summed E-state index contributed by atoms with van der Waals surface area (Å²) in [6, 6.07) is 15.5. The van der Waals surface area contributed by atoms with Gasteiger partial charge in [-0.25, -0.2) is 9.00 Å². The van der Waals surface area contributed by atoms with E-state index in [2.05, 4.69) is 0 Å². The van der Waals surface area contributed by atoms with Gasteiger partial charge in [-0.1, -0.05) is 41.9 Å². The smallest absolute Gasteiger partial charge is 0.374 e. The summed E-state index contributed by atoms with van der Waals surface area (Å²) in [5, 5.41) is 10.7. The molecule has 0 aliphatic carbocycles. The first-order valence-corrected chi connectivity index (χ1v) is 9.62. The van der Waals surface area contributed by atoms with Crippen molar-refractivity contribution in [2.75, 3.05) is 0 Å². The normalized spacial score (nSPS) is 13.3. The largest absolute Gasteiger partial charge is 0.478 e. The third-order valence-electron chi connectivity index (χ3n) is 3.37. The Morgan fingerprint density at radius 1 is 0.962 bits per heavy atom. The van der Waals surface area contributed by atoms with Gasteiger partial charge in [-0.05, 0) is 30.3 Å². The summed E-state index contributed by atoms with van der Waals surface area (Å²) in [5.41, 5.74) is -0.0377. The summed E-state index contributed by atoms with van der Waals surface area (Å²) in [4.78, 5) is 11.2. The zero-order chi connectivity index (χ0) is 18.7. The lowest BCUT2D eigenvalue weighted by atomic mass is 10.1. The number of rotatable bonds is 6. The molecule has 6 nitrogen and oxygen atoms in total. The molecule has 0 radical (unpaired) electrons. The fourth-order valence-corrected chi connectivity index (χ4v) is 4.07. The van der Waals surface area contributed by atoms with Crippen molar-refractivity contribution in [2.45, 2.75) is 4.90 Å². The molecular formula is C17H11ClO6S2. The molecule has 0 aliphatic rings. The number of hydrogen-bond acceptors (Lipinski definition) is 5. The number of benzene rings is 3. The monoisotopic (exact) mass is 410 g/mol. The third kappa shape index (κ3) is 4.10. The Morgan fingerprint density at radius 3 is 2.42 bits per heavy atom. The minimum absolute atomic E-state index is 0.0150. The number of carboxylic acids is 1. The van der Waals surface area contributed by atoms with Gasteiger partial charge in [0.05, 0.1) is 10.5 Å². The van der Waals surface area contributed by atoms with Gasteiger partial charge in [0.2, 0.25) is 11.1 Å². The first-order chi connectivity index (χ1) is 12.5. The lowest BCUT2D eigenvalue weighted by molar-refractivity contribution is 0.0696. The molecule has 0 aliphatic heterocycles. The van der Waals surface area contributed by atoms with Crippen molar-refractivity contribution in [3.05, 3.63) is 71.2 Å². The SMILES string of the molecule is O=C(O)c1cccc(OS(=O)OS(=O)c2ccc(Cl)c3ccccc23)c1. The van der Waals surface area contributed by atoms with Crippen molar-refractivity contribution < 1.29 is 26.1 Å².